The SMILES string of the molecule is CCC(C(=O)NNC(=O)c1ccccc1)c1c(C)noc1C. The van der Waals surface area contributed by atoms with Crippen molar-refractivity contribution in [1.82, 2.24) is 16.0 Å². The van der Waals surface area contributed by atoms with Gasteiger partial charge >= 0.3 is 0 Å². The maximum absolute atomic E-state index is 12.3. The molecule has 1 unspecified atom stereocenters. The lowest BCUT2D eigenvalue weighted by atomic mass is 9.94. The monoisotopic (exact) mass is 301 g/mol. The van der Waals surface area contributed by atoms with E-state index in [0.29, 0.717) is 23.4 Å². The highest BCUT2D eigenvalue weighted by Gasteiger charge is 2.25. The second kappa shape index (κ2) is 6.89. The number of benzene rings is 1. The third-order valence-corrected chi connectivity index (χ3v) is 3.50. The molecular formula is C16H19N3O3. The van der Waals surface area contributed by atoms with Crippen LogP contribution in [0.1, 0.15) is 46.6 Å². The van der Waals surface area contributed by atoms with Crippen LogP contribution in [-0.4, -0.2) is 17.0 Å². The third-order valence-electron chi connectivity index (χ3n) is 3.50. The predicted octanol–water partition coefficient (Wildman–Crippen LogP) is 2.25. The highest BCUT2D eigenvalue weighted by Crippen LogP contribution is 2.26. The van der Waals surface area contributed by atoms with Gasteiger partial charge in [0, 0.05) is 11.1 Å². The predicted molar refractivity (Wildman–Crippen MR) is 81.1 cm³/mol. The summed E-state index contributed by atoms with van der Waals surface area (Å²) in [5, 5.41) is 3.87. The number of aryl methyl sites for hydroxylation is 2. The van der Waals surface area contributed by atoms with Gasteiger partial charge in [-0.25, -0.2) is 0 Å². The largest absolute Gasteiger partial charge is 0.361 e. The van der Waals surface area contributed by atoms with E-state index in [2.05, 4.69) is 16.0 Å². The van der Waals surface area contributed by atoms with Crippen LogP contribution in [0.4, 0.5) is 0 Å². The van der Waals surface area contributed by atoms with Crippen LogP contribution in [0.5, 0.6) is 0 Å². The van der Waals surface area contributed by atoms with Crippen molar-refractivity contribution < 1.29 is 14.1 Å². The Kier molecular flexibility index (Phi) is 4.93. The first-order chi connectivity index (χ1) is 10.5. The van der Waals surface area contributed by atoms with E-state index in [1.54, 1.807) is 38.1 Å². The molecule has 1 heterocycles. The molecule has 0 bridgehead atoms. The summed E-state index contributed by atoms with van der Waals surface area (Å²) in [5.41, 5.74) is 6.83. The van der Waals surface area contributed by atoms with E-state index < -0.39 is 5.92 Å². The van der Waals surface area contributed by atoms with E-state index >= 15 is 0 Å². The Labute approximate surface area is 128 Å². The zero-order valence-corrected chi connectivity index (χ0v) is 12.8. The molecule has 22 heavy (non-hydrogen) atoms. The summed E-state index contributed by atoms with van der Waals surface area (Å²) >= 11 is 0. The first-order valence-electron chi connectivity index (χ1n) is 7.12. The molecule has 0 aliphatic carbocycles. The second-order valence-electron chi connectivity index (χ2n) is 5.01. The van der Waals surface area contributed by atoms with Crippen LogP contribution in [0.2, 0.25) is 0 Å². The molecule has 2 N–H and O–H groups in total. The summed E-state index contributed by atoms with van der Waals surface area (Å²) in [6.07, 6.45) is 0.579. The van der Waals surface area contributed by atoms with Gasteiger partial charge in [-0.05, 0) is 32.4 Å². The van der Waals surface area contributed by atoms with Crippen LogP contribution >= 0.6 is 0 Å². The minimum Gasteiger partial charge on any atom is -0.361 e. The number of carbonyl (C=O) groups excluding carboxylic acids is 2. The van der Waals surface area contributed by atoms with Crippen LogP contribution < -0.4 is 10.9 Å². The molecular weight excluding hydrogens is 282 g/mol. The van der Waals surface area contributed by atoms with Crippen LogP contribution in [-0.2, 0) is 4.79 Å². The van der Waals surface area contributed by atoms with E-state index in [9.17, 15) is 9.59 Å². The summed E-state index contributed by atoms with van der Waals surface area (Å²) in [7, 11) is 0. The number of amides is 2. The highest BCUT2D eigenvalue weighted by molar-refractivity contribution is 5.96. The maximum atomic E-state index is 12.3. The van der Waals surface area contributed by atoms with Crippen molar-refractivity contribution in [3.05, 3.63) is 52.9 Å². The average molecular weight is 301 g/mol. The van der Waals surface area contributed by atoms with Gasteiger partial charge in [0.05, 0.1) is 11.6 Å². The van der Waals surface area contributed by atoms with Crippen molar-refractivity contribution in [1.29, 1.82) is 0 Å². The number of nitrogens with one attached hydrogen (secondary N) is 2. The summed E-state index contributed by atoms with van der Waals surface area (Å²) in [6.45, 7) is 5.47. The molecule has 0 saturated heterocycles. The molecule has 2 aromatic rings. The first kappa shape index (κ1) is 15.8. The quantitative estimate of drug-likeness (QED) is 0.848. The van der Waals surface area contributed by atoms with Crippen molar-refractivity contribution in [3.63, 3.8) is 0 Å². The van der Waals surface area contributed by atoms with Gasteiger partial charge in [-0.3, -0.25) is 20.4 Å². The Morgan fingerprint density at radius 3 is 2.41 bits per heavy atom. The van der Waals surface area contributed by atoms with Gasteiger partial charge in [0.1, 0.15) is 5.76 Å². The van der Waals surface area contributed by atoms with E-state index in [4.69, 9.17) is 4.52 Å². The summed E-state index contributed by atoms with van der Waals surface area (Å²) in [6, 6.07) is 8.69. The highest BCUT2D eigenvalue weighted by atomic mass is 16.5. The number of nitrogens with zero attached hydrogens (tertiary/aromatic N) is 1. The van der Waals surface area contributed by atoms with Crippen molar-refractivity contribution in [2.24, 2.45) is 0 Å². The van der Waals surface area contributed by atoms with Crippen molar-refractivity contribution in [3.8, 4) is 0 Å². The Morgan fingerprint density at radius 2 is 1.86 bits per heavy atom. The van der Waals surface area contributed by atoms with Gasteiger partial charge in [0.25, 0.3) is 5.91 Å². The normalized spacial score (nSPS) is 11.8. The van der Waals surface area contributed by atoms with Gasteiger partial charge < -0.3 is 4.52 Å². The smallest absolute Gasteiger partial charge is 0.269 e. The van der Waals surface area contributed by atoms with Gasteiger partial charge in [0.2, 0.25) is 5.91 Å². The van der Waals surface area contributed by atoms with Gasteiger partial charge in [-0.15, -0.1) is 0 Å². The summed E-state index contributed by atoms with van der Waals surface area (Å²) in [5.74, 6) is -0.444. The zero-order chi connectivity index (χ0) is 16.1. The first-order valence-corrected chi connectivity index (χ1v) is 7.12. The van der Waals surface area contributed by atoms with E-state index in [-0.39, 0.29) is 11.8 Å². The third kappa shape index (κ3) is 3.33. The second-order valence-corrected chi connectivity index (χ2v) is 5.01. The van der Waals surface area contributed by atoms with E-state index in [1.165, 1.54) is 0 Å². The molecule has 0 radical (unpaired) electrons. The molecule has 0 spiro atoms. The lowest BCUT2D eigenvalue weighted by Gasteiger charge is -2.15. The fourth-order valence-corrected chi connectivity index (χ4v) is 2.38. The molecule has 0 aliphatic heterocycles. The van der Waals surface area contributed by atoms with E-state index in [0.717, 1.165) is 5.56 Å². The van der Waals surface area contributed by atoms with Crippen molar-refractivity contribution >= 4 is 11.8 Å². The average Bonchev–Trinajstić information content (AvgIpc) is 2.86. The molecule has 0 fully saturated rings. The number of hydrogen-bond donors (Lipinski definition) is 2. The van der Waals surface area contributed by atoms with Crippen molar-refractivity contribution in [2.45, 2.75) is 33.1 Å². The molecule has 6 nitrogen and oxygen atoms in total. The molecule has 0 aliphatic rings. The number of carbonyl (C=O) groups is 2. The molecule has 1 aromatic carbocycles. The standard InChI is InChI=1S/C16H19N3O3/c1-4-13(14-10(2)19-22-11(14)3)16(21)18-17-15(20)12-8-6-5-7-9-12/h5-9,13H,4H2,1-3H3,(H,17,20)(H,18,21). The van der Waals surface area contributed by atoms with Crippen molar-refractivity contribution in [2.75, 3.05) is 0 Å². The minimum absolute atomic E-state index is 0.291. The molecule has 2 amide bonds. The molecule has 1 atom stereocenters. The Hall–Kier alpha value is -2.63. The molecule has 0 saturated carbocycles. The minimum atomic E-state index is -0.415. The number of aromatic nitrogens is 1. The van der Waals surface area contributed by atoms with Crippen LogP contribution in [0.25, 0.3) is 0 Å². The van der Waals surface area contributed by atoms with Gasteiger partial charge in [-0.2, -0.15) is 0 Å². The Morgan fingerprint density at radius 1 is 1.18 bits per heavy atom. The lowest BCUT2D eigenvalue weighted by molar-refractivity contribution is -0.123. The lowest BCUT2D eigenvalue weighted by Crippen LogP contribution is -2.44. The van der Waals surface area contributed by atoms with Crippen LogP contribution in [0.15, 0.2) is 34.9 Å². The fraction of sp³-hybridized carbons (Fsp3) is 0.312. The Balaban J connectivity index is 2.03. The molecule has 116 valence electrons. The zero-order valence-electron chi connectivity index (χ0n) is 12.8. The fourth-order valence-electron chi connectivity index (χ4n) is 2.38. The Bertz CT molecular complexity index is 645. The summed E-state index contributed by atoms with van der Waals surface area (Å²) in [4.78, 5) is 24.2. The van der Waals surface area contributed by atoms with Gasteiger partial charge in [-0.1, -0.05) is 30.3 Å². The molecule has 6 heteroatoms. The van der Waals surface area contributed by atoms with Crippen LogP contribution in [0, 0.1) is 13.8 Å². The number of hydrazine groups is 1. The number of hydrogen-bond acceptors (Lipinski definition) is 4. The summed E-state index contributed by atoms with van der Waals surface area (Å²) < 4.78 is 5.11. The van der Waals surface area contributed by atoms with E-state index in [1.807, 2.05) is 13.0 Å². The molecule has 2 rings (SSSR count). The maximum Gasteiger partial charge on any atom is 0.269 e. The molecule has 1 aromatic heterocycles. The van der Waals surface area contributed by atoms with Crippen LogP contribution in [0.3, 0.4) is 0 Å². The number of rotatable bonds is 4. The van der Waals surface area contributed by atoms with Gasteiger partial charge in [0.15, 0.2) is 0 Å². The topological polar surface area (TPSA) is 84.2 Å².